The SMILES string of the molecule is CCn1c(CC23CC4CC(CC(C4)C2)C3)nnc1SCC(=O)Nc1cccc(C)c1. The van der Waals surface area contributed by atoms with Gasteiger partial charge in [-0.25, -0.2) is 0 Å². The Morgan fingerprint density at radius 3 is 2.50 bits per heavy atom. The second-order valence-corrected chi connectivity index (χ2v) is 10.9. The van der Waals surface area contributed by atoms with E-state index >= 15 is 0 Å². The lowest BCUT2D eigenvalue weighted by molar-refractivity contribution is -0.113. The van der Waals surface area contributed by atoms with E-state index in [4.69, 9.17) is 0 Å². The molecule has 160 valence electrons. The zero-order valence-corrected chi connectivity index (χ0v) is 18.9. The fourth-order valence-electron chi connectivity index (χ4n) is 6.77. The molecule has 0 unspecified atom stereocenters. The summed E-state index contributed by atoms with van der Waals surface area (Å²) < 4.78 is 2.24. The van der Waals surface area contributed by atoms with E-state index in [1.165, 1.54) is 50.3 Å². The van der Waals surface area contributed by atoms with Crippen LogP contribution in [0.5, 0.6) is 0 Å². The second kappa shape index (κ2) is 8.03. The fraction of sp³-hybridized carbons (Fsp3) is 0.625. The molecule has 0 aliphatic heterocycles. The molecule has 1 aromatic heterocycles. The molecule has 4 aliphatic rings. The van der Waals surface area contributed by atoms with Crippen LogP contribution < -0.4 is 5.32 Å². The Hall–Kier alpha value is -1.82. The maximum atomic E-state index is 12.4. The maximum Gasteiger partial charge on any atom is 0.234 e. The molecule has 0 atom stereocenters. The van der Waals surface area contributed by atoms with Gasteiger partial charge >= 0.3 is 0 Å². The molecule has 4 bridgehead atoms. The summed E-state index contributed by atoms with van der Waals surface area (Å²) in [4.78, 5) is 12.4. The number of amides is 1. The number of aromatic nitrogens is 3. The van der Waals surface area contributed by atoms with E-state index in [0.717, 1.165) is 53.0 Å². The number of thioether (sulfide) groups is 1. The van der Waals surface area contributed by atoms with Gasteiger partial charge in [0.05, 0.1) is 5.75 Å². The van der Waals surface area contributed by atoms with Crippen molar-refractivity contribution in [2.45, 2.75) is 70.5 Å². The standard InChI is InChI=1S/C24H32N4OS/c1-3-28-21(14-24-11-17-8-18(12-24)10-19(9-17)13-24)26-27-23(28)30-15-22(29)25-20-6-4-5-16(2)7-20/h4-7,17-19H,3,8-15H2,1-2H3,(H,25,29). The van der Waals surface area contributed by atoms with Crippen molar-refractivity contribution in [2.24, 2.45) is 23.2 Å². The van der Waals surface area contributed by atoms with Gasteiger partial charge in [0.1, 0.15) is 5.82 Å². The predicted molar refractivity (Wildman–Crippen MR) is 121 cm³/mol. The molecule has 1 aromatic carbocycles. The predicted octanol–water partition coefficient (Wildman–Crippen LogP) is 5.10. The summed E-state index contributed by atoms with van der Waals surface area (Å²) in [6.07, 6.45) is 9.63. The monoisotopic (exact) mass is 424 g/mol. The summed E-state index contributed by atoms with van der Waals surface area (Å²) in [5.41, 5.74) is 2.44. The minimum absolute atomic E-state index is 0.00103. The third-order valence-corrected chi connectivity index (χ3v) is 8.41. The molecule has 0 saturated heterocycles. The van der Waals surface area contributed by atoms with Gasteiger partial charge in [0.15, 0.2) is 5.16 Å². The quantitative estimate of drug-likeness (QED) is 0.629. The number of carbonyl (C=O) groups is 1. The summed E-state index contributed by atoms with van der Waals surface area (Å²) >= 11 is 1.49. The summed E-state index contributed by atoms with van der Waals surface area (Å²) in [6, 6.07) is 7.90. The molecule has 2 aromatic rings. The van der Waals surface area contributed by atoms with Crippen LogP contribution >= 0.6 is 11.8 Å². The average molecular weight is 425 g/mol. The van der Waals surface area contributed by atoms with E-state index in [1.807, 2.05) is 31.2 Å². The van der Waals surface area contributed by atoms with Crippen LogP contribution in [0, 0.1) is 30.1 Å². The molecule has 1 N–H and O–H groups in total. The Bertz CT molecular complexity index is 902. The fourth-order valence-corrected chi connectivity index (χ4v) is 7.59. The summed E-state index contributed by atoms with van der Waals surface area (Å²) in [6.45, 7) is 5.04. The lowest BCUT2D eigenvalue weighted by atomic mass is 9.49. The summed E-state index contributed by atoms with van der Waals surface area (Å²) in [7, 11) is 0. The minimum atomic E-state index is -0.00103. The number of nitrogens with zero attached hydrogens (tertiary/aromatic N) is 3. The molecule has 1 amide bonds. The van der Waals surface area contributed by atoms with Gasteiger partial charge in [-0.2, -0.15) is 0 Å². The number of aryl methyl sites for hydroxylation is 1. The summed E-state index contributed by atoms with van der Waals surface area (Å²) in [5.74, 6) is 4.33. The van der Waals surface area contributed by atoms with E-state index < -0.39 is 0 Å². The highest BCUT2D eigenvalue weighted by molar-refractivity contribution is 7.99. The van der Waals surface area contributed by atoms with Crippen molar-refractivity contribution in [3.63, 3.8) is 0 Å². The lowest BCUT2D eigenvalue weighted by Gasteiger charge is -2.56. The minimum Gasteiger partial charge on any atom is -0.325 e. The van der Waals surface area contributed by atoms with Crippen LogP contribution in [0.2, 0.25) is 0 Å². The van der Waals surface area contributed by atoms with Gasteiger partial charge in [-0.3, -0.25) is 4.79 Å². The smallest absolute Gasteiger partial charge is 0.234 e. The maximum absolute atomic E-state index is 12.4. The van der Waals surface area contributed by atoms with Crippen molar-refractivity contribution in [2.75, 3.05) is 11.1 Å². The Morgan fingerprint density at radius 1 is 1.17 bits per heavy atom. The molecule has 4 saturated carbocycles. The molecule has 0 spiro atoms. The highest BCUT2D eigenvalue weighted by Gasteiger charge is 2.51. The Kier molecular flexibility index (Phi) is 5.38. The Balaban J connectivity index is 1.24. The molecule has 30 heavy (non-hydrogen) atoms. The first-order valence-electron chi connectivity index (χ1n) is 11.4. The highest BCUT2D eigenvalue weighted by atomic mass is 32.2. The van der Waals surface area contributed by atoms with Crippen molar-refractivity contribution < 1.29 is 4.79 Å². The number of nitrogens with one attached hydrogen (secondary N) is 1. The third-order valence-electron chi connectivity index (χ3n) is 7.44. The van der Waals surface area contributed by atoms with E-state index in [2.05, 4.69) is 27.0 Å². The molecule has 5 nitrogen and oxygen atoms in total. The van der Waals surface area contributed by atoms with Crippen LogP contribution in [0.1, 0.15) is 56.8 Å². The number of hydrogen-bond acceptors (Lipinski definition) is 4. The first kappa shape index (κ1) is 20.1. The molecule has 6 heteroatoms. The van der Waals surface area contributed by atoms with Crippen LogP contribution in [0.3, 0.4) is 0 Å². The third kappa shape index (κ3) is 4.03. The summed E-state index contributed by atoms with van der Waals surface area (Å²) in [5, 5.41) is 12.9. The number of hydrogen-bond donors (Lipinski definition) is 1. The molecule has 1 heterocycles. The number of benzene rings is 1. The number of carbonyl (C=O) groups excluding carboxylic acids is 1. The van der Waals surface area contributed by atoms with Crippen LogP contribution in [0.25, 0.3) is 0 Å². The van der Waals surface area contributed by atoms with Crippen LogP contribution in [-0.2, 0) is 17.8 Å². The van der Waals surface area contributed by atoms with Gasteiger partial charge < -0.3 is 9.88 Å². The number of rotatable bonds is 7. The average Bonchev–Trinajstić information content (AvgIpc) is 3.06. The van der Waals surface area contributed by atoms with E-state index in [0.29, 0.717) is 11.2 Å². The van der Waals surface area contributed by atoms with Gasteiger partial charge in [-0.15, -0.1) is 10.2 Å². The Labute approximate surface area is 183 Å². The first-order chi connectivity index (χ1) is 14.5. The normalized spacial score (nSPS) is 29.3. The van der Waals surface area contributed by atoms with Crippen molar-refractivity contribution in [1.82, 2.24) is 14.8 Å². The van der Waals surface area contributed by atoms with E-state index in [9.17, 15) is 4.79 Å². The van der Waals surface area contributed by atoms with Gasteiger partial charge in [-0.05, 0) is 93.2 Å². The molecular formula is C24H32N4OS. The molecule has 4 fully saturated rings. The Morgan fingerprint density at radius 2 is 1.87 bits per heavy atom. The molecule has 4 aliphatic carbocycles. The van der Waals surface area contributed by atoms with E-state index in [-0.39, 0.29) is 5.91 Å². The van der Waals surface area contributed by atoms with Crippen LogP contribution in [-0.4, -0.2) is 26.4 Å². The molecule has 6 rings (SSSR count). The zero-order valence-electron chi connectivity index (χ0n) is 18.1. The lowest BCUT2D eigenvalue weighted by Crippen LogP contribution is -2.47. The van der Waals surface area contributed by atoms with Gasteiger partial charge in [0.25, 0.3) is 0 Å². The first-order valence-corrected chi connectivity index (χ1v) is 12.4. The van der Waals surface area contributed by atoms with Crippen molar-refractivity contribution in [1.29, 1.82) is 0 Å². The zero-order chi connectivity index (χ0) is 20.7. The van der Waals surface area contributed by atoms with Gasteiger partial charge in [0, 0.05) is 18.7 Å². The van der Waals surface area contributed by atoms with Crippen LogP contribution in [0.4, 0.5) is 5.69 Å². The van der Waals surface area contributed by atoms with E-state index in [1.54, 1.807) is 0 Å². The largest absolute Gasteiger partial charge is 0.325 e. The highest BCUT2D eigenvalue weighted by Crippen LogP contribution is 2.61. The molecular weight excluding hydrogens is 392 g/mol. The van der Waals surface area contributed by atoms with Crippen molar-refractivity contribution >= 4 is 23.4 Å². The van der Waals surface area contributed by atoms with Gasteiger partial charge in [0.2, 0.25) is 5.91 Å². The molecule has 0 radical (unpaired) electrons. The second-order valence-electron chi connectivity index (χ2n) is 9.94. The van der Waals surface area contributed by atoms with Crippen molar-refractivity contribution in [3.8, 4) is 0 Å². The number of anilines is 1. The van der Waals surface area contributed by atoms with Gasteiger partial charge in [-0.1, -0.05) is 23.9 Å². The van der Waals surface area contributed by atoms with Crippen molar-refractivity contribution in [3.05, 3.63) is 35.7 Å². The van der Waals surface area contributed by atoms with Crippen LogP contribution in [0.15, 0.2) is 29.4 Å². The topological polar surface area (TPSA) is 59.8 Å².